The van der Waals surface area contributed by atoms with Gasteiger partial charge in [0.05, 0.1) is 13.2 Å². The van der Waals surface area contributed by atoms with Gasteiger partial charge in [-0.3, -0.25) is 0 Å². The number of hydrogen-bond donors (Lipinski definition) is 2. The van der Waals surface area contributed by atoms with Crippen molar-refractivity contribution in [2.75, 3.05) is 7.11 Å². The van der Waals surface area contributed by atoms with E-state index >= 15 is 0 Å². The molecule has 2 N–H and O–H groups in total. The summed E-state index contributed by atoms with van der Waals surface area (Å²) in [5.74, 6) is 1.28. The molecule has 100 valence electrons. The number of benzene rings is 1. The highest BCUT2D eigenvalue weighted by Crippen LogP contribution is 2.27. The van der Waals surface area contributed by atoms with E-state index in [2.05, 4.69) is 0 Å². The Balaban J connectivity index is 2.00. The molecule has 0 radical (unpaired) electrons. The van der Waals surface area contributed by atoms with E-state index < -0.39 is 18.5 Å². The molecule has 4 atom stereocenters. The first-order valence-corrected chi connectivity index (χ1v) is 5.98. The van der Waals surface area contributed by atoms with Crippen LogP contribution in [-0.2, 0) is 4.74 Å². The van der Waals surface area contributed by atoms with Gasteiger partial charge >= 0.3 is 0 Å². The fourth-order valence-corrected chi connectivity index (χ4v) is 1.94. The van der Waals surface area contributed by atoms with Crippen LogP contribution in [0.3, 0.4) is 0 Å². The van der Waals surface area contributed by atoms with Crippen LogP contribution in [-0.4, -0.2) is 41.9 Å². The second kappa shape index (κ2) is 5.56. The van der Waals surface area contributed by atoms with Gasteiger partial charge < -0.3 is 24.4 Å². The third-order valence-electron chi connectivity index (χ3n) is 3.03. The van der Waals surface area contributed by atoms with Gasteiger partial charge in [-0.05, 0) is 30.7 Å². The molecule has 1 aromatic carbocycles. The van der Waals surface area contributed by atoms with E-state index in [9.17, 15) is 10.2 Å². The zero-order valence-corrected chi connectivity index (χ0v) is 10.4. The van der Waals surface area contributed by atoms with Gasteiger partial charge in [-0.25, -0.2) is 0 Å². The average Bonchev–Trinajstić information content (AvgIpc) is 2.67. The van der Waals surface area contributed by atoms with E-state index in [1.165, 1.54) is 0 Å². The predicted octanol–water partition coefficient (Wildman–Crippen LogP) is 0.931. The van der Waals surface area contributed by atoms with E-state index in [0.29, 0.717) is 12.2 Å². The summed E-state index contributed by atoms with van der Waals surface area (Å²) < 4.78 is 16.0. The summed E-state index contributed by atoms with van der Waals surface area (Å²) in [6, 6.07) is 6.95. The Hall–Kier alpha value is -1.30. The molecule has 2 rings (SSSR count). The van der Waals surface area contributed by atoms with Crippen LogP contribution in [0.25, 0.3) is 0 Å². The minimum absolute atomic E-state index is 0.386. The Morgan fingerprint density at radius 2 is 1.72 bits per heavy atom. The fourth-order valence-electron chi connectivity index (χ4n) is 1.94. The van der Waals surface area contributed by atoms with E-state index in [0.717, 1.165) is 5.75 Å². The average molecular weight is 254 g/mol. The van der Waals surface area contributed by atoms with Crippen molar-refractivity contribution in [2.24, 2.45) is 0 Å². The first kappa shape index (κ1) is 13.1. The zero-order valence-electron chi connectivity index (χ0n) is 10.4. The van der Waals surface area contributed by atoms with Crippen LogP contribution in [0.2, 0.25) is 0 Å². The number of ether oxygens (including phenoxy) is 3. The summed E-state index contributed by atoms with van der Waals surface area (Å²) in [7, 11) is 1.59. The molecule has 0 aromatic heterocycles. The number of aliphatic hydroxyl groups excluding tert-OH is 2. The van der Waals surface area contributed by atoms with Crippen molar-refractivity contribution in [1.29, 1.82) is 0 Å². The minimum Gasteiger partial charge on any atom is -0.497 e. The molecule has 1 fully saturated rings. The maximum atomic E-state index is 9.80. The lowest BCUT2D eigenvalue weighted by Gasteiger charge is -2.16. The quantitative estimate of drug-likeness (QED) is 0.836. The number of methoxy groups -OCH3 is 1. The Morgan fingerprint density at radius 3 is 2.22 bits per heavy atom. The lowest BCUT2D eigenvalue weighted by atomic mass is 10.1. The van der Waals surface area contributed by atoms with Crippen molar-refractivity contribution in [3.8, 4) is 11.5 Å². The molecule has 1 aromatic rings. The maximum absolute atomic E-state index is 9.80. The molecule has 0 bridgehead atoms. The van der Waals surface area contributed by atoms with Crippen LogP contribution >= 0.6 is 0 Å². The van der Waals surface area contributed by atoms with Crippen molar-refractivity contribution < 1.29 is 24.4 Å². The molecular weight excluding hydrogens is 236 g/mol. The topological polar surface area (TPSA) is 68.2 Å². The first-order chi connectivity index (χ1) is 8.65. The van der Waals surface area contributed by atoms with Gasteiger partial charge in [0, 0.05) is 0 Å². The third-order valence-corrected chi connectivity index (χ3v) is 3.03. The van der Waals surface area contributed by atoms with Gasteiger partial charge in [-0.1, -0.05) is 6.92 Å². The normalized spacial score (nSPS) is 31.3. The van der Waals surface area contributed by atoms with E-state index in [-0.39, 0.29) is 6.10 Å². The van der Waals surface area contributed by atoms with Gasteiger partial charge in [0.15, 0.2) is 0 Å². The maximum Gasteiger partial charge on any atom is 0.229 e. The second-order valence-corrected chi connectivity index (χ2v) is 4.23. The summed E-state index contributed by atoms with van der Waals surface area (Å²) in [4.78, 5) is 0. The Kier molecular flexibility index (Phi) is 4.06. The van der Waals surface area contributed by atoms with E-state index in [1.807, 2.05) is 6.92 Å². The highest BCUT2D eigenvalue weighted by molar-refractivity contribution is 5.31. The smallest absolute Gasteiger partial charge is 0.229 e. The van der Waals surface area contributed by atoms with E-state index in [4.69, 9.17) is 14.2 Å². The Bertz CT molecular complexity index is 377. The first-order valence-electron chi connectivity index (χ1n) is 5.98. The zero-order chi connectivity index (χ0) is 13.1. The van der Waals surface area contributed by atoms with Crippen molar-refractivity contribution in [2.45, 2.75) is 37.9 Å². The highest BCUT2D eigenvalue weighted by Gasteiger charge is 2.43. The molecule has 0 spiro atoms. The predicted molar refractivity (Wildman–Crippen MR) is 64.6 cm³/mol. The number of aliphatic hydroxyl groups is 2. The summed E-state index contributed by atoms with van der Waals surface area (Å²) in [6.45, 7) is 1.89. The molecule has 0 unspecified atom stereocenters. The molecule has 18 heavy (non-hydrogen) atoms. The molecule has 1 aliphatic heterocycles. The molecule has 0 aliphatic carbocycles. The monoisotopic (exact) mass is 254 g/mol. The summed E-state index contributed by atoms with van der Waals surface area (Å²) in [6.07, 6.45) is -2.53. The lowest BCUT2D eigenvalue weighted by molar-refractivity contribution is -0.109. The van der Waals surface area contributed by atoms with Gasteiger partial charge in [-0.2, -0.15) is 0 Å². The molecular formula is C13H18O5. The van der Waals surface area contributed by atoms with Crippen LogP contribution in [0.5, 0.6) is 11.5 Å². The largest absolute Gasteiger partial charge is 0.497 e. The molecule has 0 saturated carbocycles. The SMILES string of the molecule is CC[C@H]1O[C@@H](Oc2ccc(OC)cc2)[C@H](O)[C@@H]1O. The minimum atomic E-state index is -1.03. The van der Waals surface area contributed by atoms with Crippen molar-refractivity contribution in [1.82, 2.24) is 0 Å². The van der Waals surface area contributed by atoms with E-state index in [1.54, 1.807) is 31.4 Å². The van der Waals surface area contributed by atoms with Crippen LogP contribution in [0.4, 0.5) is 0 Å². The number of hydrogen-bond acceptors (Lipinski definition) is 5. The summed E-state index contributed by atoms with van der Waals surface area (Å²) in [5, 5.41) is 19.5. The van der Waals surface area contributed by atoms with Crippen LogP contribution < -0.4 is 9.47 Å². The molecule has 5 nitrogen and oxygen atoms in total. The molecule has 0 amide bonds. The van der Waals surface area contributed by atoms with Crippen LogP contribution in [0, 0.1) is 0 Å². The summed E-state index contributed by atoms with van der Waals surface area (Å²) in [5.41, 5.74) is 0. The summed E-state index contributed by atoms with van der Waals surface area (Å²) >= 11 is 0. The molecule has 5 heteroatoms. The molecule has 1 aliphatic rings. The van der Waals surface area contributed by atoms with Crippen molar-refractivity contribution in [3.05, 3.63) is 24.3 Å². The van der Waals surface area contributed by atoms with Crippen LogP contribution in [0.15, 0.2) is 24.3 Å². The highest BCUT2D eigenvalue weighted by atomic mass is 16.7. The van der Waals surface area contributed by atoms with Crippen molar-refractivity contribution in [3.63, 3.8) is 0 Å². The Morgan fingerprint density at radius 1 is 1.11 bits per heavy atom. The van der Waals surface area contributed by atoms with Crippen molar-refractivity contribution >= 4 is 0 Å². The van der Waals surface area contributed by atoms with Gasteiger partial charge in [0.25, 0.3) is 0 Å². The second-order valence-electron chi connectivity index (χ2n) is 4.23. The van der Waals surface area contributed by atoms with Gasteiger partial charge in [0.2, 0.25) is 6.29 Å². The standard InChI is InChI=1S/C13H18O5/c1-3-10-11(14)12(15)13(18-10)17-9-6-4-8(16-2)5-7-9/h4-7,10-15H,3H2,1-2H3/t10-,11-,12-,13-/m1/s1. The number of rotatable bonds is 4. The lowest BCUT2D eigenvalue weighted by Crippen LogP contribution is -2.34. The van der Waals surface area contributed by atoms with Gasteiger partial charge in [-0.15, -0.1) is 0 Å². The molecule has 1 saturated heterocycles. The molecule has 1 heterocycles. The van der Waals surface area contributed by atoms with Gasteiger partial charge in [0.1, 0.15) is 23.7 Å². The third kappa shape index (κ3) is 2.58. The Labute approximate surface area is 106 Å². The fraction of sp³-hybridized carbons (Fsp3) is 0.538. The van der Waals surface area contributed by atoms with Crippen LogP contribution in [0.1, 0.15) is 13.3 Å².